The van der Waals surface area contributed by atoms with Crippen LogP contribution in [0.5, 0.6) is 0 Å². The minimum atomic E-state index is -0.201. The van der Waals surface area contributed by atoms with Gasteiger partial charge in [0.25, 0.3) is 0 Å². The third-order valence-electron chi connectivity index (χ3n) is 2.28. The zero-order valence-electron chi connectivity index (χ0n) is 10.2. The van der Waals surface area contributed by atoms with Crippen molar-refractivity contribution in [1.29, 1.82) is 0 Å². The van der Waals surface area contributed by atoms with Gasteiger partial charge in [0.2, 0.25) is 0 Å². The predicted molar refractivity (Wildman–Crippen MR) is 74.8 cm³/mol. The first-order valence-electron chi connectivity index (χ1n) is 5.52. The molecule has 0 saturated carbocycles. The van der Waals surface area contributed by atoms with Crippen molar-refractivity contribution in [3.8, 4) is 11.8 Å². The van der Waals surface area contributed by atoms with E-state index in [-0.39, 0.29) is 12.4 Å². The van der Waals surface area contributed by atoms with Crippen LogP contribution in [0.3, 0.4) is 0 Å². The van der Waals surface area contributed by atoms with Crippen molar-refractivity contribution in [1.82, 2.24) is 10.3 Å². The van der Waals surface area contributed by atoms with Crippen LogP contribution in [0.4, 0.5) is 5.69 Å². The third-order valence-corrected chi connectivity index (χ3v) is 3.07. The van der Waals surface area contributed by atoms with Gasteiger partial charge in [-0.05, 0) is 0 Å². The van der Waals surface area contributed by atoms with Crippen molar-refractivity contribution in [2.45, 2.75) is 0 Å². The predicted octanol–water partition coefficient (Wildman–Crippen LogP) is -1.08. The van der Waals surface area contributed by atoms with Crippen molar-refractivity contribution in [2.24, 2.45) is 5.16 Å². The molecular weight excluding hydrogens is 323 g/mol. The van der Waals surface area contributed by atoms with Gasteiger partial charge in [-0.2, -0.15) is 0 Å². The number of hydrogen-bond donors (Lipinski definition) is 3. The molecule has 0 aliphatic heterocycles. The van der Waals surface area contributed by atoms with Gasteiger partial charge in [0.1, 0.15) is 0 Å². The molecule has 3 N–H and O–H groups in total. The number of hydrogen-bond acceptors (Lipinski definition) is 6. The molecule has 0 radical (unpaired) electrons. The second kappa shape index (κ2) is 6.75. The Hall–Kier alpha value is -2.29. The van der Waals surface area contributed by atoms with Crippen LogP contribution in [0, 0.1) is 11.8 Å². The number of aliphatic hydroxyl groups excluding tert-OH is 1. The fourth-order valence-electron chi connectivity index (χ4n) is 1.44. The van der Waals surface area contributed by atoms with Crippen molar-refractivity contribution < 1.29 is 14.9 Å². The van der Waals surface area contributed by atoms with Crippen LogP contribution in [0.15, 0.2) is 34.1 Å². The Morgan fingerprint density at radius 1 is 1.45 bits per heavy atom. The number of aliphatic hydroxyl groups is 1. The molecule has 8 heteroatoms. The number of anilines is 1. The molecule has 1 atom stereocenters. The molecule has 20 heavy (non-hydrogen) atoms. The van der Waals surface area contributed by atoms with Gasteiger partial charge in [-0.1, -0.05) is 0 Å². The van der Waals surface area contributed by atoms with Gasteiger partial charge in [0.05, 0.1) is 0 Å². The molecule has 2 aromatic rings. The number of benzene rings is 1. The van der Waals surface area contributed by atoms with Crippen LogP contribution in [0.1, 0.15) is 11.3 Å². The molecule has 1 unspecified atom stereocenters. The molecule has 1 aromatic heterocycles. The molecule has 0 aliphatic rings. The van der Waals surface area contributed by atoms with Crippen LogP contribution in [0.25, 0.3) is 0 Å². The van der Waals surface area contributed by atoms with Gasteiger partial charge < -0.3 is 0 Å². The summed E-state index contributed by atoms with van der Waals surface area (Å²) >= 11 is 1.20. The summed E-state index contributed by atoms with van der Waals surface area (Å²) < 4.78 is 5.14. The minimum absolute atomic E-state index is 0.137. The summed E-state index contributed by atoms with van der Waals surface area (Å²) in [6, 6.07) is 7.12. The first-order valence-corrected chi connectivity index (χ1v) is 6.73. The standard InChI is InChI=1S/C12H11AsN4O3/c13-11-10(16-20-17-11)12(15-19)14-9-5-1-3-8(7-9)4-2-6-18/h1,3,5,7,18-19H,6,13H2,(H,14,15). The fourth-order valence-corrected chi connectivity index (χ4v) is 1.94. The molecule has 7 nitrogen and oxygen atoms in total. The molecule has 1 aromatic carbocycles. The first kappa shape index (κ1) is 14.1. The summed E-state index contributed by atoms with van der Waals surface area (Å²) in [5.74, 6) is 5.48. The van der Waals surface area contributed by atoms with Crippen LogP contribution >= 0.6 is 0 Å². The van der Waals surface area contributed by atoms with Crippen LogP contribution < -0.4 is 9.80 Å². The molecule has 102 valence electrons. The molecule has 2 rings (SSSR count). The second-order valence-corrected chi connectivity index (χ2v) is 4.76. The summed E-state index contributed by atoms with van der Waals surface area (Å²) in [4.78, 5) is 0. The first-order chi connectivity index (χ1) is 9.74. The average molecular weight is 334 g/mol. The Balaban J connectivity index is 2.23. The van der Waals surface area contributed by atoms with E-state index in [0.29, 0.717) is 15.9 Å². The van der Waals surface area contributed by atoms with Crippen LogP contribution in [0.2, 0.25) is 0 Å². The third kappa shape index (κ3) is 3.38. The monoisotopic (exact) mass is 334 g/mol. The van der Waals surface area contributed by atoms with Gasteiger partial charge in [-0.15, -0.1) is 0 Å². The number of rotatable bonds is 2. The Kier molecular flexibility index (Phi) is 4.77. The van der Waals surface area contributed by atoms with E-state index in [9.17, 15) is 0 Å². The van der Waals surface area contributed by atoms with E-state index < -0.39 is 0 Å². The van der Waals surface area contributed by atoms with Crippen LogP contribution in [-0.2, 0) is 0 Å². The molecule has 0 aliphatic carbocycles. The molecule has 0 bridgehead atoms. The molecule has 0 amide bonds. The summed E-state index contributed by atoms with van der Waals surface area (Å²) in [6.45, 7) is -0.201. The Bertz CT molecular complexity index is 687. The molecule has 0 spiro atoms. The van der Waals surface area contributed by atoms with E-state index in [1.54, 1.807) is 24.3 Å². The van der Waals surface area contributed by atoms with E-state index in [1.807, 2.05) is 0 Å². The van der Waals surface area contributed by atoms with Gasteiger partial charge in [0.15, 0.2) is 0 Å². The Morgan fingerprint density at radius 3 is 2.95 bits per heavy atom. The summed E-state index contributed by atoms with van der Waals surface area (Å²) in [6.07, 6.45) is 0. The fraction of sp³-hybridized carbons (Fsp3) is 0.0833. The summed E-state index contributed by atoms with van der Waals surface area (Å²) in [5.41, 5.74) is 1.73. The molecule has 0 saturated heterocycles. The maximum atomic E-state index is 9.06. The van der Waals surface area contributed by atoms with Crippen molar-refractivity contribution in [2.75, 3.05) is 11.9 Å². The number of amidine groups is 1. The van der Waals surface area contributed by atoms with Gasteiger partial charge in [-0.25, -0.2) is 0 Å². The van der Waals surface area contributed by atoms with E-state index in [2.05, 4.69) is 37.3 Å². The van der Waals surface area contributed by atoms with E-state index in [0.717, 1.165) is 5.56 Å². The summed E-state index contributed by atoms with van der Waals surface area (Å²) in [5, 5.41) is 31.1. The molecule has 0 fully saturated rings. The normalized spacial score (nSPS) is 10.8. The molecule has 1 heterocycles. The average Bonchev–Trinajstić information content (AvgIpc) is 2.89. The van der Waals surface area contributed by atoms with Crippen molar-refractivity contribution >= 4 is 32.9 Å². The number of oxime groups is 1. The van der Waals surface area contributed by atoms with E-state index in [4.69, 9.17) is 10.3 Å². The maximum absolute atomic E-state index is 9.06. The molecular formula is C12H11AsN4O3. The number of nitrogens with zero attached hydrogens (tertiary/aromatic N) is 3. The van der Waals surface area contributed by atoms with Crippen molar-refractivity contribution in [3.63, 3.8) is 0 Å². The summed E-state index contributed by atoms with van der Waals surface area (Å²) in [7, 11) is 0. The van der Waals surface area contributed by atoms with Gasteiger partial charge >= 0.3 is 123 Å². The Morgan fingerprint density at radius 2 is 2.30 bits per heavy atom. The SMILES string of the molecule is OCC#Cc1cccc(N/C(=N\O)c2nonc2[AsH2])c1. The zero-order chi connectivity index (χ0) is 14.4. The number of aromatic nitrogens is 2. The van der Waals surface area contributed by atoms with E-state index in [1.165, 1.54) is 16.9 Å². The van der Waals surface area contributed by atoms with Gasteiger partial charge in [-0.3, -0.25) is 0 Å². The van der Waals surface area contributed by atoms with Crippen molar-refractivity contribution in [3.05, 3.63) is 35.5 Å². The second-order valence-electron chi connectivity index (χ2n) is 3.61. The van der Waals surface area contributed by atoms with Gasteiger partial charge in [0, 0.05) is 0 Å². The quantitative estimate of drug-likeness (QED) is 0.161. The zero-order valence-corrected chi connectivity index (χ0v) is 12.7. The topological polar surface area (TPSA) is 104 Å². The number of nitrogens with one attached hydrogen (secondary N) is 1. The van der Waals surface area contributed by atoms with Crippen LogP contribution in [-0.4, -0.2) is 49.9 Å². The Labute approximate surface area is 123 Å². The van der Waals surface area contributed by atoms with E-state index >= 15 is 0 Å².